The van der Waals surface area contributed by atoms with Crippen LogP contribution >= 0.6 is 0 Å². The highest BCUT2D eigenvalue weighted by Gasteiger charge is 2.11. The van der Waals surface area contributed by atoms with Crippen LogP contribution in [-0.2, 0) is 9.53 Å². The van der Waals surface area contributed by atoms with E-state index in [1.165, 1.54) is 25.3 Å². The van der Waals surface area contributed by atoms with Gasteiger partial charge in [-0.25, -0.2) is 9.18 Å². The number of anilines is 1. The molecular weight excluding hydrogens is 289 g/mol. The first-order valence-electron chi connectivity index (χ1n) is 6.45. The van der Waals surface area contributed by atoms with Gasteiger partial charge in [-0.2, -0.15) is 0 Å². The molecule has 0 saturated carbocycles. The minimum Gasteiger partial charge on any atom is -0.482 e. The van der Waals surface area contributed by atoms with Crippen molar-refractivity contribution in [3.8, 4) is 5.75 Å². The molecule has 0 saturated heterocycles. The average molecular weight is 303 g/mol. The highest BCUT2D eigenvalue weighted by molar-refractivity contribution is 6.04. The summed E-state index contributed by atoms with van der Waals surface area (Å²) in [6.45, 7) is -0.197. The molecule has 0 atom stereocenters. The maximum absolute atomic E-state index is 13.5. The van der Waals surface area contributed by atoms with Gasteiger partial charge in [-0.1, -0.05) is 12.1 Å². The molecule has 1 N–H and O–H groups in total. The molecule has 2 rings (SSSR count). The van der Waals surface area contributed by atoms with Gasteiger partial charge in [0.25, 0.3) is 5.91 Å². The molecule has 5 nitrogen and oxygen atoms in total. The zero-order valence-corrected chi connectivity index (χ0v) is 11.8. The van der Waals surface area contributed by atoms with E-state index in [0.29, 0.717) is 11.4 Å². The standard InChI is InChI=1S/C16H14FNO4/c1-21-15(19)10-22-12-8-6-11(7-9-12)18-16(20)13-4-2-3-5-14(13)17/h2-9H,10H2,1H3,(H,18,20). The molecule has 22 heavy (non-hydrogen) atoms. The fourth-order valence-corrected chi connectivity index (χ4v) is 1.68. The van der Waals surface area contributed by atoms with Gasteiger partial charge in [-0.05, 0) is 36.4 Å². The quantitative estimate of drug-likeness (QED) is 0.862. The molecule has 2 aromatic carbocycles. The van der Waals surface area contributed by atoms with E-state index in [1.54, 1.807) is 30.3 Å². The van der Waals surface area contributed by atoms with E-state index in [2.05, 4.69) is 10.1 Å². The molecule has 114 valence electrons. The highest BCUT2D eigenvalue weighted by atomic mass is 19.1. The molecule has 0 aromatic heterocycles. The van der Waals surface area contributed by atoms with Crippen LogP contribution in [0.25, 0.3) is 0 Å². The van der Waals surface area contributed by atoms with Crippen molar-refractivity contribution in [2.45, 2.75) is 0 Å². The molecule has 0 bridgehead atoms. The number of nitrogens with one attached hydrogen (secondary N) is 1. The van der Waals surface area contributed by atoms with Crippen molar-refractivity contribution in [2.24, 2.45) is 0 Å². The number of carbonyl (C=O) groups excluding carboxylic acids is 2. The van der Waals surface area contributed by atoms with Gasteiger partial charge in [-0.15, -0.1) is 0 Å². The average Bonchev–Trinajstić information content (AvgIpc) is 2.54. The second kappa shape index (κ2) is 7.21. The second-order valence-electron chi connectivity index (χ2n) is 4.32. The maximum atomic E-state index is 13.5. The Kier molecular flexibility index (Phi) is 5.08. The molecule has 0 aliphatic carbocycles. The van der Waals surface area contributed by atoms with Gasteiger partial charge in [0.1, 0.15) is 11.6 Å². The summed E-state index contributed by atoms with van der Waals surface area (Å²) in [6, 6.07) is 12.1. The Labute approximate surface area is 126 Å². The van der Waals surface area contributed by atoms with Crippen molar-refractivity contribution in [2.75, 3.05) is 19.0 Å². The van der Waals surface area contributed by atoms with Crippen LogP contribution in [0.5, 0.6) is 5.75 Å². The third kappa shape index (κ3) is 4.05. The van der Waals surface area contributed by atoms with Crippen LogP contribution in [-0.4, -0.2) is 25.6 Å². The number of benzene rings is 2. The molecule has 0 aliphatic rings. The van der Waals surface area contributed by atoms with E-state index in [9.17, 15) is 14.0 Å². The number of halogens is 1. The van der Waals surface area contributed by atoms with Crippen LogP contribution in [0, 0.1) is 5.82 Å². The number of rotatable bonds is 5. The van der Waals surface area contributed by atoms with Crippen molar-refractivity contribution in [1.29, 1.82) is 0 Å². The fourth-order valence-electron chi connectivity index (χ4n) is 1.68. The van der Waals surface area contributed by atoms with Crippen LogP contribution < -0.4 is 10.1 Å². The topological polar surface area (TPSA) is 64.6 Å². The summed E-state index contributed by atoms with van der Waals surface area (Å²) in [5.74, 6) is -1.16. The van der Waals surface area contributed by atoms with Crippen molar-refractivity contribution in [1.82, 2.24) is 0 Å². The number of hydrogen-bond acceptors (Lipinski definition) is 4. The lowest BCUT2D eigenvalue weighted by Crippen LogP contribution is -2.14. The molecule has 0 heterocycles. The Morgan fingerprint density at radius 2 is 1.77 bits per heavy atom. The summed E-state index contributed by atoms with van der Waals surface area (Å²) in [7, 11) is 1.27. The first kappa shape index (κ1) is 15.5. The number of esters is 1. The maximum Gasteiger partial charge on any atom is 0.343 e. The number of carbonyl (C=O) groups is 2. The number of amides is 1. The predicted molar refractivity (Wildman–Crippen MR) is 78.3 cm³/mol. The lowest BCUT2D eigenvalue weighted by atomic mass is 10.2. The first-order valence-corrected chi connectivity index (χ1v) is 6.45. The van der Waals surface area contributed by atoms with Crippen molar-refractivity contribution < 1.29 is 23.5 Å². The fraction of sp³-hybridized carbons (Fsp3) is 0.125. The number of hydrogen-bond donors (Lipinski definition) is 1. The van der Waals surface area contributed by atoms with E-state index >= 15 is 0 Å². The summed E-state index contributed by atoms with van der Waals surface area (Å²) in [6.07, 6.45) is 0. The van der Waals surface area contributed by atoms with Crippen molar-refractivity contribution in [3.63, 3.8) is 0 Å². The minimum absolute atomic E-state index is 0.0338. The number of ether oxygens (including phenoxy) is 2. The second-order valence-corrected chi connectivity index (χ2v) is 4.32. The summed E-state index contributed by atoms with van der Waals surface area (Å²) < 4.78 is 23.1. The molecule has 6 heteroatoms. The van der Waals surface area contributed by atoms with Gasteiger partial charge in [0, 0.05) is 5.69 Å². The number of methoxy groups -OCH3 is 1. The van der Waals surface area contributed by atoms with Crippen LogP contribution in [0.2, 0.25) is 0 Å². The summed E-state index contributed by atoms with van der Waals surface area (Å²) in [5.41, 5.74) is 0.451. The molecule has 2 aromatic rings. The van der Waals surface area contributed by atoms with E-state index in [1.807, 2.05) is 0 Å². The molecule has 0 aliphatic heterocycles. The Balaban J connectivity index is 1.98. The molecule has 1 amide bonds. The Morgan fingerprint density at radius 3 is 2.41 bits per heavy atom. The molecule has 0 unspecified atom stereocenters. The first-order chi connectivity index (χ1) is 10.6. The third-order valence-corrected chi connectivity index (χ3v) is 2.82. The van der Waals surface area contributed by atoms with Crippen molar-refractivity contribution >= 4 is 17.6 Å². The van der Waals surface area contributed by atoms with Gasteiger partial charge in [0.15, 0.2) is 6.61 Å². The Hall–Kier alpha value is -2.89. The summed E-state index contributed by atoms with van der Waals surface area (Å²) in [4.78, 5) is 22.9. The monoisotopic (exact) mass is 303 g/mol. The zero-order chi connectivity index (χ0) is 15.9. The van der Waals surface area contributed by atoms with Gasteiger partial charge in [0.05, 0.1) is 12.7 Å². The summed E-state index contributed by atoms with van der Waals surface area (Å²) >= 11 is 0. The minimum atomic E-state index is -0.585. The molecular formula is C16H14FNO4. The predicted octanol–water partition coefficient (Wildman–Crippen LogP) is 2.63. The van der Waals surface area contributed by atoms with E-state index in [4.69, 9.17) is 4.74 Å². The summed E-state index contributed by atoms with van der Waals surface area (Å²) in [5, 5.41) is 2.58. The zero-order valence-electron chi connectivity index (χ0n) is 11.8. The smallest absolute Gasteiger partial charge is 0.343 e. The lowest BCUT2D eigenvalue weighted by Gasteiger charge is -2.08. The SMILES string of the molecule is COC(=O)COc1ccc(NC(=O)c2ccccc2F)cc1. The van der Waals surface area contributed by atoms with E-state index in [0.717, 1.165) is 0 Å². The molecule has 0 spiro atoms. The molecule has 0 radical (unpaired) electrons. The molecule has 0 fully saturated rings. The van der Waals surface area contributed by atoms with Crippen LogP contribution in [0.3, 0.4) is 0 Å². The van der Waals surface area contributed by atoms with E-state index < -0.39 is 17.7 Å². The van der Waals surface area contributed by atoms with Crippen LogP contribution in [0.4, 0.5) is 10.1 Å². The van der Waals surface area contributed by atoms with Gasteiger partial charge >= 0.3 is 5.97 Å². The highest BCUT2D eigenvalue weighted by Crippen LogP contribution is 2.17. The van der Waals surface area contributed by atoms with Crippen LogP contribution in [0.15, 0.2) is 48.5 Å². The van der Waals surface area contributed by atoms with Gasteiger partial charge in [0.2, 0.25) is 0 Å². The van der Waals surface area contributed by atoms with Crippen LogP contribution in [0.1, 0.15) is 10.4 Å². The van der Waals surface area contributed by atoms with Gasteiger partial charge in [-0.3, -0.25) is 4.79 Å². The largest absolute Gasteiger partial charge is 0.482 e. The lowest BCUT2D eigenvalue weighted by molar-refractivity contribution is -0.142. The van der Waals surface area contributed by atoms with E-state index in [-0.39, 0.29) is 12.2 Å². The Bertz CT molecular complexity index is 670. The van der Waals surface area contributed by atoms with Crippen molar-refractivity contribution in [3.05, 3.63) is 59.9 Å². The van der Waals surface area contributed by atoms with Gasteiger partial charge < -0.3 is 14.8 Å². The Morgan fingerprint density at radius 1 is 1.09 bits per heavy atom. The normalized spacial score (nSPS) is 9.91. The third-order valence-electron chi connectivity index (χ3n) is 2.82.